The van der Waals surface area contributed by atoms with Crippen molar-refractivity contribution in [1.82, 2.24) is 19.4 Å². The molecule has 0 spiro atoms. The number of carbonyl (C=O) groups is 2. The van der Waals surface area contributed by atoms with Crippen molar-refractivity contribution in [3.63, 3.8) is 0 Å². The number of piperazine rings is 1. The molecule has 35 heavy (non-hydrogen) atoms. The number of carbonyl (C=O) groups excluding carboxylic acids is 2. The molecule has 0 radical (unpaired) electrons. The van der Waals surface area contributed by atoms with Crippen LogP contribution in [-0.4, -0.2) is 81.7 Å². The molecule has 0 bridgehead atoms. The molecule has 13 heteroatoms. The highest BCUT2D eigenvalue weighted by atomic mass is 35.5. The number of rotatable bonds is 4. The normalized spacial score (nSPS) is 28.5. The molecule has 188 valence electrons. The van der Waals surface area contributed by atoms with Gasteiger partial charge in [0.25, 0.3) is 11.8 Å². The lowest BCUT2D eigenvalue weighted by atomic mass is 9.95. The number of nitrogens with zero attached hydrogens (tertiary/aromatic N) is 3. The van der Waals surface area contributed by atoms with Gasteiger partial charge in [0.2, 0.25) is 10.0 Å². The van der Waals surface area contributed by atoms with E-state index in [2.05, 4.69) is 5.32 Å². The van der Waals surface area contributed by atoms with Gasteiger partial charge in [0.1, 0.15) is 23.8 Å². The van der Waals surface area contributed by atoms with Crippen LogP contribution in [-0.2, 0) is 26.2 Å². The number of halogens is 2. The van der Waals surface area contributed by atoms with Crippen LogP contribution in [0.15, 0.2) is 40.9 Å². The summed E-state index contributed by atoms with van der Waals surface area (Å²) >= 11 is 5.79. The van der Waals surface area contributed by atoms with Crippen LogP contribution >= 0.6 is 11.6 Å². The summed E-state index contributed by atoms with van der Waals surface area (Å²) in [5.41, 5.74) is 0.166. The molecule has 3 unspecified atom stereocenters. The van der Waals surface area contributed by atoms with Crippen LogP contribution in [0.3, 0.4) is 0 Å². The lowest BCUT2D eigenvalue weighted by Gasteiger charge is -2.47. The van der Waals surface area contributed by atoms with E-state index in [9.17, 15) is 32.6 Å². The topological polar surface area (TPSA) is 130 Å². The largest absolute Gasteiger partial charge is 0.507 e. The number of fused-ring (bicyclic) bond motifs is 2. The number of sulfonamides is 1. The molecule has 2 amide bonds. The zero-order chi connectivity index (χ0) is 25.4. The van der Waals surface area contributed by atoms with Gasteiger partial charge in [0.15, 0.2) is 5.76 Å². The van der Waals surface area contributed by atoms with Gasteiger partial charge >= 0.3 is 0 Å². The maximum atomic E-state index is 14.2. The third-order valence-corrected chi connectivity index (χ3v) is 8.56. The Kier molecular flexibility index (Phi) is 5.62. The smallest absolute Gasteiger partial charge is 0.275 e. The molecule has 4 heterocycles. The Morgan fingerprint density at radius 3 is 2.74 bits per heavy atom. The van der Waals surface area contributed by atoms with E-state index in [4.69, 9.17) is 11.6 Å². The van der Waals surface area contributed by atoms with E-state index in [1.54, 1.807) is 6.92 Å². The highest BCUT2D eigenvalue weighted by molar-refractivity contribution is 7.88. The van der Waals surface area contributed by atoms with E-state index in [-0.39, 0.29) is 41.4 Å². The molecule has 3 N–H and O–H groups in total. The van der Waals surface area contributed by atoms with E-state index in [1.165, 1.54) is 32.3 Å². The van der Waals surface area contributed by atoms with Gasteiger partial charge < -0.3 is 25.3 Å². The maximum Gasteiger partial charge on any atom is 0.275 e. The highest BCUT2D eigenvalue weighted by Crippen LogP contribution is 2.48. The summed E-state index contributed by atoms with van der Waals surface area (Å²) in [4.78, 5) is 29.5. The summed E-state index contributed by atoms with van der Waals surface area (Å²) in [5.74, 6) is -2.71. The van der Waals surface area contributed by atoms with Crippen molar-refractivity contribution in [2.45, 2.75) is 50.7 Å². The van der Waals surface area contributed by atoms with E-state index >= 15 is 0 Å². The first-order valence-corrected chi connectivity index (χ1v) is 13.3. The van der Waals surface area contributed by atoms with Crippen molar-refractivity contribution < 1.29 is 32.6 Å². The predicted octanol–water partition coefficient (Wildman–Crippen LogP) is 0.790. The second kappa shape index (κ2) is 8.19. The van der Waals surface area contributed by atoms with Gasteiger partial charge in [-0.15, -0.1) is 0 Å². The van der Waals surface area contributed by atoms with Gasteiger partial charge in [-0.25, -0.2) is 12.8 Å². The van der Waals surface area contributed by atoms with Crippen LogP contribution in [0, 0.1) is 5.82 Å². The molecule has 1 aromatic carbocycles. The third kappa shape index (κ3) is 3.53. The van der Waals surface area contributed by atoms with Crippen molar-refractivity contribution >= 4 is 33.4 Å². The fourth-order valence-electron chi connectivity index (χ4n) is 5.56. The molecule has 4 aliphatic heterocycles. The van der Waals surface area contributed by atoms with E-state index in [0.29, 0.717) is 12.1 Å². The molecule has 4 atom stereocenters. The average molecular weight is 527 g/mol. The standard InChI is InChI=1S/C22H24ClFN4O6S/c1-10-9-26(35(2,33)34)21-14-7-6-13-15(18(29)19(30)17(28(13)14)22(32)27(10)21)20(31)25-8-11-4-3-5-12(23)16(11)24/h3-5,10,14,18,21,29-30H,6-9H2,1-2H3,(H,25,31)/t10-,14?,18?,21?/m0/s1. The average Bonchev–Trinajstić information content (AvgIpc) is 3.36. The highest BCUT2D eigenvalue weighted by Gasteiger charge is 2.59. The number of aliphatic hydroxyl groups excluding tert-OH is 2. The Morgan fingerprint density at radius 2 is 2.06 bits per heavy atom. The van der Waals surface area contributed by atoms with Crippen molar-refractivity contribution in [1.29, 1.82) is 0 Å². The van der Waals surface area contributed by atoms with Gasteiger partial charge in [-0.1, -0.05) is 23.7 Å². The zero-order valence-electron chi connectivity index (χ0n) is 18.9. The quantitative estimate of drug-likeness (QED) is 0.528. The monoisotopic (exact) mass is 526 g/mol. The number of amides is 2. The SMILES string of the molecule is C[C@H]1CN(S(C)(=O)=O)C2C3CCC4=C(C(=O)NCc5cccc(Cl)c5F)C(O)C(O)=C(C(=O)N21)N43. The van der Waals surface area contributed by atoms with E-state index < -0.39 is 57.8 Å². The fraction of sp³-hybridized carbons (Fsp3) is 0.455. The summed E-state index contributed by atoms with van der Waals surface area (Å²) in [6.07, 6.45) is -0.816. The summed E-state index contributed by atoms with van der Waals surface area (Å²) < 4.78 is 40.5. The Labute approximate surface area is 206 Å². The molecule has 4 aliphatic rings. The number of aliphatic hydroxyl groups is 2. The lowest BCUT2D eigenvalue weighted by Crippen LogP contribution is -2.63. The minimum absolute atomic E-state index is 0.0991. The second-order valence-electron chi connectivity index (χ2n) is 9.18. The summed E-state index contributed by atoms with van der Waals surface area (Å²) in [5, 5.41) is 24.1. The van der Waals surface area contributed by atoms with Crippen molar-refractivity contribution in [3.8, 4) is 0 Å². The van der Waals surface area contributed by atoms with Crippen LogP contribution in [0.1, 0.15) is 25.3 Å². The molecular formula is C22H24ClFN4O6S. The molecular weight excluding hydrogens is 503 g/mol. The zero-order valence-corrected chi connectivity index (χ0v) is 20.5. The molecule has 10 nitrogen and oxygen atoms in total. The fourth-order valence-corrected chi connectivity index (χ4v) is 6.88. The molecule has 1 aromatic rings. The molecule has 3 fully saturated rings. The number of hydrogen-bond donors (Lipinski definition) is 3. The summed E-state index contributed by atoms with van der Waals surface area (Å²) in [7, 11) is -3.65. The number of benzene rings is 1. The van der Waals surface area contributed by atoms with Gasteiger partial charge in [0.05, 0.1) is 22.9 Å². The number of nitrogens with one attached hydrogen (secondary N) is 1. The van der Waals surface area contributed by atoms with Gasteiger partial charge in [-0.3, -0.25) is 9.59 Å². The lowest BCUT2D eigenvalue weighted by molar-refractivity contribution is -0.138. The first-order chi connectivity index (χ1) is 16.4. The number of hydrogen-bond acceptors (Lipinski definition) is 7. The minimum Gasteiger partial charge on any atom is -0.507 e. The summed E-state index contributed by atoms with van der Waals surface area (Å²) in [6.45, 7) is 1.61. The van der Waals surface area contributed by atoms with Crippen molar-refractivity contribution in [3.05, 3.63) is 57.3 Å². The van der Waals surface area contributed by atoms with Gasteiger partial charge in [-0.05, 0) is 25.8 Å². The molecule has 0 aromatic heterocycles. The molecule has 5 rings (SSSR count). The second-order valence-corrected chi connectivity index (χ2v) is 11.5. The van der Waals surface area contributed by atoms with Crippen LogP contribution < -0.4 is 5.32 Å². The van der Waals surface area contributed by atoms with Crippen LogP contribution in [0.2, 0.25) is 5.02 Å². The van der Waals surface area contributed by atoms with Gasteiger partial charge in [0, 0.05) is 30.4 Å². The predicted molar refractivity (Wildman–Crippen MR) is 122 cm³/mol. The minimum atomic E-state index is -3.65. The number of allylic oxidation sites excluding steroid dienone is 1. The summed E-state index contributed by atoms with van der Waals surface area (Å²) in [6, 6.07) is 3.39. The van der Waals surface area contributed by atoms with Gasteiger partial charge in [-0.2, -0.15) is 4.31 Å². The van der Waals surface area contributed by atoms with Crippen molar-refractivity contribution in [2.75, 3.05) is 12.8 Å². The molecule has 0 saturated carbocycles. The Bertz CT molecular complexity index is 1310. The Morgan fingerprint density at radius 1 is 1.34 bits per heavy atom. The van der Waals surface area contributed by atoms with Crippen LogP contribution in [0.4, 0.5) is 4.39 Å². The Hall–Kier alpha value is -2.67. The van der Waals surface area contributed by atoms with Crippen LogP contribution in [0.25, 0.3) is 0 Å². The first kappa shape index (κ1) is 24.0. The van der Waals surface area contributed by atoms with E-state index in [1.807, 2.05) is 0 Å². The molecule has 3 saturated heterocycles. The van der Waals surface area contributed by atoms with E-state index in [0.717, 1.165) is 6.26 Å². The maximum absolute atomic E-state index is 14.2. The van der Waals surface area contributed by atoms with Crippen LogP contribution in [0.5, 0.6) is 0 Å². The molecule has 0 aliphatic carbocycles. The Balaban J connectivity index is 1.51. The van der Waals surface area contributed by atoms with Crippen molar-refractivity contribution in [2.24, 2.45) is 0 Å². The third-order valence-electron chi connectivity index (χ3n) is 7.05. The first-order valence-electron chi connectivity index (χ1n) is 11.1.